The highest BCUT2D eigenvalue weighted by Crippen LogP contribution is 2.27. The fourth-order valence-electron chi connectivity index (χ4n) is 3.22. The van der Waals surface area contributed by atoms with Crippen LogP contribution in [0, 0.1) is 5.92 Å². The number of rotatable bonds is 3. The van der Waals surface area contributed by atoms with Crippen molar-refractivity contribution in [2.45, 2.75) is 44.6 Å². The number of hydrogen-bond acceptors (Lipinski definition) is 3. The summed E-state index contributed by atoms with van der Waals surface area (Å²) in [6.45, 7) is 2.92. The van der Waals surface area contributed by atoms with Gasteiger partial charge in [-0.15, -0.1) is 0 Å². The second-order valence-electron chi connectivity index (χ2n) is 5.71. The van der Waals surface area contributed by atoms with Crippen LogP contribution in [-0.2, 0) is 9.59 Å². The summed E-state index contributed by atoms with van der Waals surface area (Å²) in [4.78, 5) is 25.1. The smallest absolute Gasteiger partial charge is 0.309 e. The Labute approximate surface area is 115 Å². The van der Waals surface area contributed by atoms with E-state index in [0.29, 0.717) is 12.5 Å². The molecular weight excluding hydrogens is 242 g/mol. The molecule has 1 aliphatic heterocycles. The summed E-state index contributed by atoms with van der Waals surface area (Å²) in [7, 11) is 1.47. The molecule has 5 nitrogen and oxygen atoms in total. The molecule has 0 aromatic heterocycles. The Bertz CT molecular complexity index is 319. The molecule has 2 N–H and O–H groups in total. The number of likely N-dealkylation sites (tertiary alicyclic amines) is 1. The molecule has 1 heterocycles. The summed E-state index contributed by atoms with van der Waals surface area (Å²) >= 11 is 0. The average molecular weight is 267 g/mol. The Hall–Kier alpha value is -1.10. The number of piperidine rings is 1. The van der Waals surface area contributed by atoms with Crippen molar-refractivity contribution in [1.82, 2.24) is 15.5 Å². The van der Waals surface area contributed by atoms with Crippen LogP contribution in [0.15, 0.2) is 0 Å². The fraction of sp³-hybridized carbons (Fsp3) is 0.857. The number of carbonyl (C=O) groups excluding carboxylic acids is 2. The largest absolute Gasteiger partial charge is 0.351 e. The molecule has 2 amide bonds. The zero-order valence-corrected chi connectivity index (χ0v) is 11.8. The van der Waals surface area contributed by atoms with E-state index in [2.05, 4.69) is 15.5 Å². The van der Waals surface area contributed by atoms with Crippen molar-refractivity contribution in [2.24, 2.45) is 5.92 Å². The molecule has 5 heteroatoms. The lowest BCUT2D eigenvalue weighted by molar-refractivity contribution is -0.139. The van der Waals surface area contributed by atoms with Gasteiger partial charge in [-0.05, 0) is 44.7 Å². The normalized spacial score (nSPS) is 22.4. The molecule has 1 aliphatic carbocycles. The first kappa shape index (κ1) is 14.3. The molecule has 0 aromatic carbocycles. The Morgan fingerprint density at radius 2 is 1.68 bits per heavy atom. The van der Waals surface area contributed by atoms with Gasteiger partial charge in [-0.1, -0.05) is 12.8 Å². The summed E-state index contributed by atoms with van der Waals surface area (Å²) in [6.07, 6.45) is 7.74. The number of nitrogens with one attached hydrogen (secondary N) is 2. The fourth-order valence-corrected chi connectivity index (χ4v) is 3.22. The summed E-state index contributed by atoms with van der Waals surface area (Å²) in [6, 6.07) is 0.807. The van der Waals surface area contributed by atoms with Crippen LogP contribution >= 0.6 is 0 Å². The van der Waals surface area contributed by atoms with Gasteiger partial charge in [0.05, 0.1) is 0 Å². The van der Waals surface area contributed by atoms with E-state index >= 15 is 0 Å². The van der Waals surface area contributed by atoms with Crippen LogP contribution < -0.4 is 10.6 Å². The van der Waals surface area contributed by atoms with Gasteiger partial charge in [0.25, 0.3) is 0 Å². The molecule has 0 radical (unpaired) electrons. The summed E-state index contributed by atoms with van der Waals surface area (Å²) in [5.41, 5.74) is 0. The Morgan fingerprint density at radius 1 is 1.05 bits per heavy atom. The quantitative estimate of drug-likeness (QED) is 0.732. The Balaban J connectivity index is 1.66. The third-order valence-electron chi connectivity index (χ3n) is 4.47. The molecule has 0 spiro atoms. The van der Waals surface area contributed by atoms with Gasteiger partial charge in [0.15, 0.2) is 0 Å². The molecule has 0 atom stereocenters. The zero-order valence-electron chi connectivity index (χ0n) is 11.8. The van der Waals surface area contributed by atoms with E-state index in [0.717, 1.165) is 32.0 Å². The highest BCUT2D eigenvalue weighted by molar-refractivity contribution is 6.34. The molecule has 108 valence electrons. The van der Waals surface area contributed by atoms with Crippen molar-refractivity contribution in [3.63, 3.8) is 0 Å². The topological polar surface area (TPSA) is 61.4 Å². The lowest BCUT2D eigenvalue weighted by Crippen LogP contribution is -2.44. The van der Waals surface area contributed by atoms with Gasteiger partial charge < -0.3 is 15.5 Å². The third-order valence-corrected chi connectivity index (χ3v) is 4.47. The van der Waals surface area contributed by atoms with E-state index in [4.69, 9.17) is 0 Å². The van der Waals surface area contributed by atoms with Gasteiger partial charge in [-0.25, -0.2) is 0 Å². The minimum Gasteiger partial charge on any atom is -0.351 e. The third kappa shape index (κ3) is 3.93. The molecule has 2 aliphatic rings. The van der Waals surface area contributed by atoms with Crippen molar-refractivity contribution in [3.05, 3.63) is 0 Å². The van der Waals surface area contributed by atoms with E-state index in [-0.39, 0.29) is 0 Å². The van der Waals surface area contributed by atoms with Crippen LogP contribution in [-0.4, -0.2) is 49.4 Å². The number of nitrogens with zero attached hydrogens (tertiary/aromatic N) is 1. The van der Waals surface area contributed by atoms with E-state index in [1.807, 2.05) is 0 Å². The van der Waals surface area contributed by atoms with Crippen molar-refractivity contribution < 1.29 is 9.59 Å². The monoisotopic (exact) mass is 267 g/mol. The zero-order chi connectivity index (χ0) is 13.7. The molecule has 1 saturated carbocycles. The first-order valence-corrected chi connectivity index (χ1v) is 7.44. The van der Waals surface area contributed by atoms with Crippen LogP contribution in [0.3, 0.4) is 0 Å². The first-order valence-electron chi connectivity index (χ1n) is 7.44. The maximum atomic E-state index is 11.4. The summed E-state index contributed by atoms with van der Waals surface area (Å²) in [5, 5.41) is 5.06. The van der Waals surface area contributed by atoms with Crippen LogP contribution in [0.1, 0.15) is 38.5 Å². The second-order valence-corrected chi connectivity index (χ2v) is 5.71. The number of likely N-dealkylation sites (N-methyl/N-ethyl adjacent to an activating group) is 1. The summed E-state index contributed by atoms with van der Waals surface area (Å²) in [5.74, 6) is -0.546. The van der Waals surface area contributed by atoms with E-state index < -0.39 is 11.8 Å². The minimum atomic E-state index is -0.552. The lowest BCUT2D eigenvalue weighted by Gasteiger charge is -2.36. The van der Waals surface area contributed by atoms with Crippen LogP contribution in [0.25, 0.3) is 0 Å². The molecule has 19 heavy (non-hydrogen) atoms. The van der Waals surface area contributed by atoms with Gasteiger partial charge in [0.1, 0.15) is 0 Å². The number of amides is 2. The number of carbonyl (C=O) groups is 2. The SMILES string of the molecule is CNC(=O)C(=O)NCC1CCN(C2CCCC2)CC1. The van der Waals surface area contributed by atoms with Crippen molar-refractivity contribution in [2.75, 3.05) is 26.7 Å². The molecule has 2 rings (SSSR count). The maximum Gasteiger partial charge on any atom is 0.309 e. The average Bonchev–Trinajstić information content (AvgIpc) is 2.98. The van der Waals surface area contributed by atoms with Crippen molar-refractivity contribution >= 4 is 11.8 Å². The molecule has 2 fully saturated rings. The molecule has 1 saturated heterocycles. The lowest BCUT2D eigenvalue weighted by atomic mass is 9.95. The Kier molecular flexibility index (Phi) is 5.19. The molecule has 0 aromatic rings. The molecule has 0 bridgehead atoms. The van der Waals surface area contributed by atoms with E-state index in [1.165, 1.54) is 32.7 Å². The second kappa shape index (κ2) is 6.89. The highest BCUT2D eigenvalue weighted by Gasteiger charge is 2.27. The van der Waals surface area contributed by atoms with Crippen LogP contribution in [0.4, 0.5) is 0 Å². The summed E-state index contributed by atoms with van der Waals surface area (Å²) < 4.78 is 0. The van der Waals surface area contributed by atoms with Gasteiger partial charge in [0.2, 0.25) is 0 Å². The van der Waals surface area contributed by atoms with E-state index in [9.17, 15) is 9.59 Å². The van der Waals surface area contributed by atoms with Gasteiger partial charge in [-0.2, -0.15) is 0 Å². The molecular formula is C14H25N3O2. The van der Waals surface area contributed by atoms with Gasteiger partial charge in [0, 0.05) is 19.6 Å². The predicted octanol–water partition coefficient (Wildman–Crippen LogP) is 0.503. The van der Waals surface area contributed by atoms with Crippen LogP contribution in [0.5, 0.6) is 0 Å². The number of hydrogen-bond donors (Lipinski definition) is 2. The first-order chi connectivity index (χ1) is 9.20. The van der Waals surface area contributed by atoms with Crippen LogP contribution in [0.2, 0.25) is 0 Å². The van der Waals surface area contributed by atoms with E-state index in [1.54, 1.807) is 0 Å². The molecule has 0 unspecified atom stereocenters. The van der Waals surface area contributed by atoms with Crippen molar-refractivity contribution in [3.8, 4) is 0 Å². The van der Waals surface area contributed by atoms with Crippen molar-refractivity contribution in [1.29, 1.82) is 0 Å². The maximum absolute atomic E-state index is 11.4. The van der Waals surface area contributed by atoms with Gasteiger partial charge >= 0.3 is 11.8 Å². The standard InChI is InChI=1S/C14H25N3O2/c1-15-13(18)14(19)16-10-11-6-8-17(9-7-11)12-4-2-3-5-12/h11-12H,2-10H2,1H3,(H,15,18)(H,16,19). The van der Waals surface area contributed by atoms with Gasteiger partial charge in [-0.3, -0.25) is 9.59 Å². The Morgan fingerprint density at radius 3 is 2.26 bits per heavy atom. The minimum absolute atomic E-state index is 0.513. The predicted molar refractivity (Wildman–Crippen MR) is 73.6 cm³/mol. The highest BCUT2D eigenvalue weighted by atomic mass is 16.2.